The van der Waals surface area contributed by atoms with Crippen LogP contribution in [0.5, 0.6) is 0 Å². The summed E-state index contributed by atoms with van der Waals surface area (Å²) in [6, 6.07) is 10.6. The van der Waals surface area contributed by atoms with Gasteiger partial charge in [-0.05, 0) is 38.1 Å². The van der Waals surface area contributed by atoms with E-state index < -0.39 is 5.91 Å². The number of aryl methyl sites for hydroxylation is 2. The lowest BCUT2D eigenvalue weighted by atomic mass is 10.1. The summed E-state index contributed by atoms with van der Waals surface area (Å²) >= 11 is 12.1. The number of fused-ring (bicyclic) bond motifs is 1. The second-order valence-electron chi connectivity index (χ2n) is 5.73. The molecule has 0 atom stereocenters. The molecule has 4 nitrogen and oxygen atoms in total. The predicted molar refractivity (Wildman–Crippen MR) is 103 cm³/mol. The molecule has 25 heavy (non-hydrogen) atoms. The number of nitrogens with one attached hydrogen (secondary N) is 1. The molecular weight excluding hydrogens is 359 g/mol. The van der Waals surface area contributed by atoms with E-state index in [1.165, 1.54) is 0 Å². The fourth-order valence-corrected chi connectivity index (χ4v) is 3.07. The molecule has 0 radical (unpaired) electrons. The molecule has 2 aromatic carbocycles. The molecule has 1 aromatic heterocycles. The van der Waals surface area contributed by atoms with E-state index in [9.17, 15) is 9.59 Å². The average molecular weight is 375 g/mol. The Morgan fingerprint density at radius 2 is 1.96 bits per heavy atom. The summed E-state index contributed by atoms with van der Waals surface area (Å²) in [5.74, 6) is -0.514. The lowest BCUT2D eigenvalue weighted by molar-refractivity contribution is 0.102. The molecule has 6 heteroatoms. The quantitative estimate of drug-likeness (QED) is 0.709. The summed E-state index contributed by atoms with van der Waals surface area (Å²) in [5.41, 5.74) is 1.89. The Hall–Kier alpha value is -2.30. The van der Waals surface area contributed by atoms with Crippen LogP contribution in [-0.4, -0.2) is 10.5 Å². The Bertz CT molecular complexity index is 1040. The van der Waals surface area contributed by atoms with Crippen molar-refractivity contribution in [1.82, 2.24) is 4.57 Å². The number of benzene rings is 2. The van der Waals surface area contributed by atoms with Crippen molar-refractivity contribution in [3.63, 3.8) is 0 Å². The number of hydrogen-bond acceptors (Lipinski definition) is 2. The highest BCUT2D eigenvalue weighted by Gasteiger charge is 2.17. The van der Waals surface area contributed by atoms with Crippen LogP contribution in [0.1, 0.15) is 22.8 Å². The number of aromatic nitrogens is 1. The number of nitrogens with zero attached hydrogens (tertiary/aromatic N) is 1. The van der Waals surface area contributed by atoms with E-state index in [1.807, 2.05) is 30.5 Å². The van der Waals surface area contributed by atoms with Crippen molar-refractivity contribution in [3.8, 4) is 0 Å². The van der Waals surface area contributed by atoms with E-state index in [-0.39, 0.29) is 16.0 Å². The predicted octanol–water partition coefficient (Wildman–Crippen LogP) is 4.89. The van der Waals surface area contributed by atoms with Crippen LogP contribution in [-0.2, 0) is 6.54 Å². The standard InChI is InChI=1S/C19H16Cl2N2O2/c1-3-23-10-13(18(24)12-9-11(2)7-8-16(12)23)19(25)22-15-6-4-5-14(20)17(15)21/h4-10H,3H2,1-2H3,(H,22,25). The number of rotatable bonds is 3. The summed E-state index contributed by atoms with van der Waals surface area (Å²) in [6.45, 7) is 4.50. The third kappa shape index (κ3) is 3.28. The minimum atomic E-state index is -0.514. The van der Waals surface area contributed by atoms with Gasteiger partial charge in [0.1, 0.15) is 5.56 Å². The van der Waals surface area contributed by atoms with Crippen molar-refractivity contribution >= 4 is 45.7 Å². The van der Waals surface area contributed by atoms with Gasteiger partial charge in [0.2, 0.25) is 5.43 Å². The number of amides is 1. The van der Waals surface area contributed by atoms with Crippen molar-refractivity contribution < 1.29 is 4.79 Å². The number of halogens is 2. The molecule has 0 fully saturated rings. The zero-order valence-electron chi connectivity index (χ0n) is 13.8. The fraction of sp³-hybridized carbons (Fsp3) is 0.158. The van der Waals surface area contributed by atoms with Gasteiger partial charge in [0.05, 0.1) is 21.2 Å². The van der Waals surface area contributed by atoms with Crippen LogP contribution in [0, 0.1) is 6.92 Å². The second-order valence-corrected chi connectivity index (χ2v) is 6.52. The van der Waals surface area contributed by atoms with Crippen LogP contribution in [0.25, 0.3) is 10.9 Å². The van der Waals surface area contributed by atoms with Gasteiger partial charge < -0.3 is 9.88 Å². The molecule has 3 aromatic rings. The molecule has 0 aliphatic rings. The Kier molecular flexibility index (Phi) is 4.84. The molecule has 0 aliphatic carbocycles. The third-order valence-electron chi connectivity index (χ3n) is 4.02. The second kappa shape index (κ2) is 6.90. The first-order valence-electron chi connectivity index (χ1n) is 7.81. The topological polar surface area (TPSA) is 51.1 Å². The highest BCUT2D eigenvalue weighted by atomic mass is 35.5. The van der Waals surface area contributed by atoms with Crippen LogP contribution in [0.2, 0.25) is 10.0 Å². The molecule has 0 unspecified atom stereocenters. The molecule has 1 heterocycles. The monoisotopic (exact) mass is 374 g/mol. The van der Waals surface area contributed by atoms with Gasteiger partial charge in [0.25, 0.3) is 5.91 Å². The molecule has 0 spiro atoms. The van der Waals surface area contributed by atoms with Crippen LogP contribution in [0.3, 0.4) is 0 Å². The smallest absolute Gasteiger partial charge is 0.261 e. The zero-order chi connectivity index (χ0) is 18.1. The average Bonchev–Trinajstić information content (AvgIpc) is 2.59. The Balaban J connectivity index is 2.11. The highest BCUT2D eigenvalue weighted by Crippen LogP contribution is 2.29. The van der Waals surface area contributed by atoms with Crippen molar-refractivity contribution in [2.24, 2.45) is 0 Å². The zero-order valence-corrected chi connectivity index (χ0v) is 15.3. The largest absolute Gasteiger partial charge is 0.347 e. The van der Waals surface area contributed by atoms with E-state index in [1.54, 1.807) is 30.5 Å². The first kappa shape index (κ1) is 17.5. The Morgan fingerprint density at radius 1 is 1.20 bits per heavy atom. The molecule has 0 aliphatic heterocycles. The summed E-state index contributed by atoms with van der Waals surface area (Å²) in [5, 5.41) is 3.76. The van der Waals surface area contributed by atoms with Crippen LogP contribution in [0.15, 0.2) is 47.4 Å². The fourth-order valence-electron chi connectivity index (χ4n) is 2.72. The van der Waals surface area contributed by atoms with E-state index in [2.05, 4.69) is 5.32 Å². The van der Waals surface area contributed by atoms with Crippen molar-refractivity contribution in [2.45, 2.75) is 20.4 Å². The lowest BCUT2D eigenvalue weighted by Gasteiger charge is -2.13. The van der Waals surface area contributed by atoms with Crippen molar-refractivity contribution in [1.29, 1.82) is 0 Å². The highest BCUT2D eigenvalue weighted by molar-refractivity contribution is 6.44. The SMILES string of the molecule is CCn1cc(C(=O)Nc2cccc(Cl)c2Cl)c(=O)c2cc(C)ccc21. The van der Waals surface area contributed by atoms with Gasteiger partial charge in [-0.2, -0.15) is 0 Å². The number of carbonyl (C=O) groups excluding carboxylic acids is 1. The van der Waals surface area contributed by atoms with Gasteiger partial charge in [-0.3, -0.25) is 9.59 Å². The van der Waals surface area contributed by atoms with Crippen LogP contribution < -0.4 is 10.7 Å². The van der Waals surface area contributed by atoms with E-state index in [4.69, 9.17) is 23.2 Å². The van der Waals surface area contributed by atoms with Crippen LogP contribution in [0.4, 0.5) is 5.69 Å². The normalized spacial score (nSPS) is 10.9. The minimum absolute atomic E-state index is 0.0657. The Labute approximate surface area is 155 Å². The maximum absolute atomic E-state index is 12.8. The first-order valence-corrected chi connectivity index (χ1v) is 8.57. The van der Waals surface area contributed by atoms with Crippen molar-refractivity contribution in [2.75, 3.05) is 5.32 Å². The molecule has 0 saturated heterocycles. The molecule has 3 rings (SSSR count). The molecule has 0 bridgehead atoms. The summed E-state index contributed by atoms with van der Waals surface area (Å²) < 4.78 is 1.88. The maximum atomic E-state index is 12.8. The molecular formula is C19H16Cl2N2O2. The van der Waals surface area contributed by atoms with Gasteiger partial charge in [-0.25, -0.2) is 0 Å². The Morgan fingerprint density at radius 3 is 2.68 bits per heavy atom. The van der Waals surface area contributed by atoms with Gasteiger partial charge in [-0.15, -0.1) is 0 Å². The molecule has 1 amide bonds. The van der Waals surface area contributed by atoms with E-state index >= 15 is 0 Å². The maximum Gasteiger partial charge on any atom is 0.261 e. The molecule has 1 N–H and O–H groups in total. The van der Waals surface area contributed by atoms with Gasteiger partial charge >= 0.3 is 0 Å². The molecule has 128 valence electrons. The summed E-state index contributed by atoms with van der Waals surface area (Å²) in [4.78, 5) is 25.5. The van der Waals surface area contributed by atoms with Crippen LogP contribution >= 0.6 is 23.2 Å². The molecule has 0 saturated carbocycles. The number of anilines is 1. The number of hydrogen-bond donors (Lipinski definition) is 1. The van der Waals surface area contributed by atoms with Gasteiger partial charge in [0, 0.05) is 18.1 Å². The van der Waals surface area contributed by atoms with Gasteiger partial charge in [-0.1, -0.05) is 40.9 Å². The number of pyridine rings is 1. The van der Waals surface area contributed by atoms with Crippen molar-refractivity contribution in [3.05, 3.63) is 74.0 Å². The van der Waals surface area contributed by atoms with E-state index in [0.29, 0.717) is 22.6 Å². The number of carbonyl (C=O) groups is 1. The van der Waals surface area contributed by atoms with Gasteiger partial charge in [0.15, 0.2) is 0 Å². The third-order valence-corrected chi connectivity index (χ3v) is 4.84. The summed E-state index contributed by atoms with van der Waals surface area (Å²) in [7, 11) is 0. The van der Waals surface area contributed by atoms with E-state index in [0.717, 1.165) is 11.1 Å². The lowest BCUT2D eigenvalue weighted by Crippen LogP contribution is -2.24. The summed E-state index contributed by atoms with van der Waals surface area (Å²) in [6.07, 6.45) is 1.58. The minimum Gasteiger partial charge on any atom is -0.347 e. The first-order chi connectivity index (χ1) is 11.9.